The number of carbonyl (C=O) groups is 1. The zero-order valence-electron chi connectivity index (χ0n) is 28.8. The first-order valence-electron chi connectivity index (χ1n) is 16.9. The number of aliphatic imine (C=N–C) groups is 2. The lowest BCUT2D eigenvalue weighted by Gasteiger charge is -2.36. The zero-order chi connectivity index (χ0) is 34.9. The second-order valence-corrected chi connectivity index (χ2v) is 13.9. The van der Waals surface area contributed by atoms with E-state index >= 15 is 0 Å². The minimum atomic E-state index is -0.622. The van der Waals surface area contributed by atoms with Gasteiger partial charge in [-0.3, -0.25) is 0 Å². The second kappa shape index (κ2) is 13.3. The summed E-state index contributed by atoms with van der Waals surface area (Å²) in [7, 11) is 0. The molecule has 2 aromatic heterocycles. The lowest BCUT2D eigenvalue weighted by molar-refractivity contribution is 0.0240. The molecule has 2 aliphatic rings. The number of nitrogens with zero attached hydrogens (tertiary/aromatic N) is 7. The number of hydrogen-bond donors (Lipinski definition) is 0. The van der Waals surface area contributed by atoms with Crippen LogP contribution >= 0.6 is 0 Å². The highest BCUT2D eigenvalue weighted by Crippen LogP contribution is 2.40. The molecule has 1 saturated heterocycles. The number of hydrogen-bond acceptors (Lipinski definition) is 7. The molecule has 1 unspecified atom stereocenters. The summed E-state index contributed by atoms with van der Waals surface area (Å²) in [5, 5.41) is 5.16. The van der Waals surface area contributed by atoms with Gasteiger partial charge in [-0.25, -0.2) is 28.7 Å². The van der Waals surface area contributed by atoms with Crippen molar-refractivity contribution in [3.8, 4) is 11.3 Å². The van der Waals surface area contributed by atoms with Crippen LogP contribution < -0.4 is 4.90 Å². The first kappa shape index (κ1) is 32.9. The van der Waals surface area contributed by atoms with Crippen LogP contribution in [0.3, 0.4) is 0 Å². The molecular weight excluding hydrogens is 629 g/mol. The number of imidazole rings is 1. The Morgan fingerprint density at radius 1 is 0.860 bits per heavy atom. The molecule has 4 heterocycles. The average molecular weight is 670 g/mol. The molecule has 3 aromatic carbocycles. The summed E-state index contributed by atoms with van der Waals surface area (Å²) in [6.45, 7) is 10.0. The van der Waals surface area contributed by atoms with Gasteiger partial charge in [-0.2, -0.15) is 0 Å². The maximum atomic E-state index is 14.1. The lowest BCUT2D eigenvalue weighted by atomic mass is 9.80. The fourth-order valence-electron chi connectivity index (χ4n) is 6.40. The number of allylic oxidation sites excluding steroid dienone is 1. The number of ether oxygens (including phenoxy) is 1. The van der Waals surface area contributed by atoms with Gasteiger partial charge in [-0.1, -0.05) is 60.7 Å². The molecule has 1 amide bonds. The Labute approximate surface area is 291 Å². The maximum Gasteiger partial charge on any atom is 0.410 e. The molecule has 1 atom stereocenters. The van der Waals surface area contributed by atoms with E-state index in [1.807, 2.05) is 104 Å². The van der Waals surface area contributed by atoms with Crippen molar-refractivity contribution in [2.75, 3.05) is 31.1 Å². The Morgan fingerprint density at radius 2 is 1.50 bits per heavy atom. The molecular formula is C40H40FN7O2. The van der Waals surface area contributed by atoms with Gasteiger partial charge < -0.3 is 14.5 Å². The molecule has 0 N–H and O–H groups in total. The number of carbonyl (C=O) groups excluding carboxylic acids is 1. The van der Waals surface area contributed by atoms with Gasteiger partial charge in [0.2, 0.25) is 0 Å². The Bertz CT molecular complexity index is 2050. The third-order valence-corrected chi connectivity index (χ3v) is 8.88. The van der Waals surface area contributed by atoms with Crippen LogP contribution in [-0.2, 0) is 10.2 Å². The number of benzene rings is 3. The molecule has 9 nitrogen and oxygen atoms in total. The van der Waals surface area contributed by atoms with Crippen molar-refractivity contribution >= 4 is 29.5 Å². The van der Waals surface area contributed by atoms with Crippen LogP contribution in [0.1, 0.15) is 50.9 Å². The Morgan fingerprint density at radius 3 is 2.12 bits per heavy atom. The van der Waals surface area contributed by atoms with Gasteiger partial charge in [0.05, 0.1) is 17.1 Å². The van der Waals surface area contributed by atoms with Crippen molar-refractivity contribution in [1.82, 2.24) is 19.5 Å². The quantitative estimate of drug-likeness (QED) is 0.173. The number of piperazine rings is 1. The molecule has 7 rings (SSSR count). The number of fused-ring (bicyclic) bond motifs is 1. The molecule has 0 bridgehead atoms. The zero-order valence-corrected chi connectivity index (χ0v) is 28.8. The van der Waals surface area contributed by atoms with E-state index in [4.69, 9.17) is 24.8 Å². The van der Waals surface area contributed by atoms with E-state index < -0.39 is 11.0 Å². The standard InChI is InChI=1S/C40H40FN7O2/c1-39(2,3)50-38(49)47-25-23-46(24-26-47)34-20-19-33-44-36(30-15-17-31(41)18-16-30)37(48(33)45-34)40(4)21-22-42-32(27-40)43-35(28-11-7-5-8-12-28)29-13-9-6-10-14-29/h5-20,22,27H,21,23-26H2,1-4H3. The third-order valence-electron chi connectivity index (χ3n) is 8.88. The van der Waals surface area contributed by atoms with Gasteiger partial charge >= 0.3 is 6.09 Å². The van der Waals surface area contributed by atoms with E-state index in [0.717, 1.165) is 33.9 Å². The van der Waals surface area contributed by atoms with Gasteiger partial charge in [0, 0.05) is 54.5 Å². The van der Waals surface area contributed by atoms with E-state index in [1.54, 1.807) is 17.0 Å². The van der Waals surface area contributed by atoms with Crippen LogP contribution in [0.5, 0.6) is 0 Å². The third kappa shape index (κ3) is 6.92. The van der Waals surface area contributed by atoms with Crippen molar-refractivity contribution in [2.45, 2.75) is 45.1 Å². The molecule has 0 radical (unpaired) electrons. The summed E-state index contributed by atoms with van der Waals surface area (Å²) in [6, 6.07) is 30.5. The number of amides is 1. The van der Waals surface area contributed by atoms with Crippen molar-refractivity contribution in [2.24, 2.45) is 9.98 Å². The first-order valence-corrected chi connectivity index (χ1v) is 16.9. The molecule has 2 aliphatic heterocycles. The summed E-state index contributed by atoms with van der Waals surface area (Å²) in [5.74, 6) is 1.04. The predicted octanol–water partition coefficient (Wildman–Crippen LogP) is 7.70. The molecule has 10 heteroatoms. The number of aromatic nitrogens is 3. The smallest absolute Gasteiger partial charge is 0.410 e. The molecule has 0 spiro atoms. The van der Waals surface area contributed by atoms with E-state index in [0.29, 0.717) is 49.8 Å². The van der Waals surface area contributed by atoms with E-state index in [2.05, 4.69) is 17.9 Å². The van der Waals surface area contributed by atoms with Crippen LogP contribution in [0.25, 0.3) is 16.9 Å². The summed E-state index contributed by atoms with van der Waals surface area (Å²) >= 11 is 0. The van der Waals surface area contributed by atoms with Crippen LogP contribution in [0.4, 0.5) is 15.0 Å². The molecule has 0 aliphatic carbocycles. The normalized spacial score (nSPS) is 17.8. The van der Waals surface area contributed by atoms with Crippen LogP contribution in [0, 0.1) is 5.82 Å². The van der Waals surface area contributed by atoms with Gasteiger partial charge in [-0.15, -0.1) is 5.10 Å². The van der Waals surface area contributed by atoms with Gasteiger partial charge in [0.1, 0.15) is 23.1 Å². The summed E-state index contributed by atoms with van der Waals surface area (Å²) < 4.78 is 21.6. The maximum absolute atomic E-state index is 14.1. The molecule has 0 saturated carbocycles. The van der Waals surface area contributed by atoms with Gasteiger partial charge in [0.15, 0.2) is 5.65 Å². The minimum absolute atomic E-state index is 0.304. The van der Waals surface area contributed by atoms with Crippen molar-refractivity contribution < 1.29 is 13.9 Å². The second-order valence-electron chi connectivity index (χ2n) is 13.9. The van der Waals surface area contributed by atoms with E-state index in [1.165, 1.54) is 12.1 Å². The largest absolute Gasteiger partial charge is 0.444 e. The highest BCUT2D eigenvalue weighted by Gasteiger charge is 2.35. The molecule has 5 aromatic rings. The predicted molar refractivity (Wildman–Crippen MR) is 195 cm³/mol. The Kier molecular flexibility index (Phi) is 8.78. The summed E-state index contributed by atoms with van der Waals surface area (Å²) in [5.41, 5.74) is 4.66. The SMILES string of the molecule is CC(C)(C)OC(=O)N1CCN(c2ccc3nc(-c4ccc(F)cc4)c(C4(C)C=C(N=C(c5ccccc5)c5ccccc5)N=CC4)n3n2)CC1. The first-order chi connectivity index (χ1) is 24.1. The van der Waals surface area contributed by atoms with E-state index in [-0.39, 0.29) is 11.9 Å². The summed E-state index contributed by atoms with van der Waals surface area (Å²) in [4.78, 5) is 31.6. The average Bonchev–Trinajstić information content (AvgIpc) is 3.51. The highest BCUT2D eigenvalue weighted by molar-refractivity contribution is 6.13. The monoisotopic (exact) mass is 669 g/mol. The number of anilines is 1. The number of rotatable bonds is 6. The molecule has 50 heavy (non-hydrogen) atoms. The highest BCUT2D eigenvalue weighted by atomic mass is 19.1. The van der Waals surface area contributed by atoms with Crippen molar-refractivity contribution in [3.05, 3.63) is 132 Å². The molecule has 254 valence electrons. The van der Waals surface area contributed by atoms with Crippen LogP contribution in [-0.4, -0.2) is 69.3 Å². The minimum Gasteiger partial charge on any atom is -0.444 e. The van der Waals surface area contributed by atoms with Crippen molar-refractivity contribution in [1.29, 1.82) is 0 Å². The Balaban J connectivity index is 1.29. The fourth-order valence-corrected chi connectivity index (χ4v) is 6.40. The summed E-state index contributed by atoms with van der Waals surface area (Å²) in [6.07, 6.45) is 4.27. The van der Waals surface area contributed by atoms with Crippen LogP contribution in [0.2, 0.25) is 0 Å². The van der Waals surface area contributed by atoms with Crippen molar-refractivity contribution in [3.63, 3.8) is 0 Å². The van der Waals surface area contributed by atoms with Gasteiger partial charge in [0.25, 0.3) is 0 Å². The topological polar surface area (TPSA) is 87.7 Å². The fraction of sp³-hybridized carbons (Fsp3) is 0.275. The molecule has 1 fully saturated rings. The van der Waals surface area contributed by atoms with Gasteiger partial charge in [-0.05, 0) is 76.6 Å². The lowest BCUT2D eigenvalue weighted by Crippen LogP contribution is -2.50. The van der Waals surface area contributed by atoms with E-state index in [9.17, 15) is 9.18 Å². The number of halogens is 1. The van der Waals surface area contributed by atoms with Crippen LogP contribution in [0.15, 0.2) is 119 Å². The Hall–Kier alpha value is -5.64.